The van der Waals surface area contributed by atoms with E-state index < -0.39 is 0 Å². The summed E-state index contributed by atoms with van der Waals surface area (Å²) in [5.74, 6) is 0.781. The van der Waals surface area contributed by atoms with Crippen LogP contribution in [0.5, 0.6) is 0 Å². The molecule has 1 aromatic carbocycles. The number of hydrogen-bond donors (Lipinski definition) is 1. The van der Waals surface area contributed by atoms with Crippen molar-refractivity contribution in [1.29, 1.82) is 0 Å². The van der Waals surface area contributed by atoms with Crippen LogP contribution in [0.4, 0.5) is 0 Å². The Hall–Kier alpha value is -1.79. The number of nitrogens with zero attached hydrogens (tertiary/aromatic N) is 2. The first-order valence-electron chi connectivity index (χ1n) is 7.96. The third-order valence-electron chi connectivity index (χ3n) is 4.55. The number of rotatable bonds is 4. The van der Waals surface area contributed by atoms with Gasteiger partial charge in [0.05, 0.1) is 6.20 Å². The Bertz CT molecular complexity index is 660. The minimum Gasteiger partial charge on any atom is -0.437 e. The molecule has 2 bridgehead atoms. The summed E-state index contributed by atoms with van der Waals surface area (Å²) in [5, 5.41) is 3.93. The van der Waals surface area contributed by atoms with Crippen molar-refractivity contribution in [1.82, 2.24) is 15.2 Å². The highest BCUT2D eigenvalue weighted by molar-refractivity contribution is 7.99. The first kappa shape index (κ1) is 14.8. The highest BCUT2D eigenvalue weighted by Crippen LogP contribution is 2.28. The zero-order valence-corrected chi connectivity index (χ0v) is 13.6. The number of benzene rings is 1. The molecule has 2 saturated heterocycles. The van der Waals surface area contributed by atoms with Gasteiger partial charge in [0.15, 0.2) is 11.5 Å². The van der Waals surface area contributed by atoms with E-state index in [1.54, 1.807) is 6.20 Å². The molecule has 5 nitrogen and oxygen atoms in total. The molecular weight excluding hydrogens is 310 g/mol. The maximum Gasteiger partial charge on any atom is 0.251 e. The van der Waals surface area contributed by atoms with Gasteiger partial charge in [0.1, 0.15) is 0 Å². The number of hydrogen-bond acceptors (Lipinski definition) is 5. The predicted molar refractivity (Wildman–Crippen MR) is 87.5 cm³/mol. The van der Waals surface area contributed by atoms with Crippen molar-refractivity contribution in [3.8, 4) is 0 Å². The zero-order valence-electron chi connectivity index (χ0n) is 12.8. The number of amides is 1. The standard InChI is InChI=1S/C17H19N3O2S/c21-17(19-14-7-12-5-6-20(9-12)10-14)13-1-3-15(4-2-13)23-16-8-18-11-22-16/h1-4,8,11-12,14H,5-7,9-10H2,(H,19,21). The van der Waals surface area contributed by atoms with Crippen LogP contribution in [0.2, 0.25) is 0 Å². The van der Waals surface area contributed by atoms with E-state index in [9.17, 15) is 4.79 Å². The second-order valence-electron chi connectivity index (χ2n) is 6.27. The van der Waals surface area contributed by atoms with Crippen molar-refractivity contribution in [3.63, 3.8) is 0 Å². The fourth-order valence-corrected chi connectivity index (χ4v) is 4.19. The van der Waals surface area contributed by atoms with Crippen molar-refractivity contribution in [2.75, 3.05) is 19.6 Å². The summed E-state index contributed by atoms with van der Waals surface area (Å²) in [6.07, 6.45) is 5.48. The highest BCUT2D eigenvalue weighted by atomic mass is 32.2. The third-order valence-corrected chi connectivity index (χ3v) is 5.46. The van der Waals surface area contributed by atoms with Crippen LogP contribution in [0.25, 0.3) is 0 Å². The first-order chi connectivity index (χ1) is 11.3. The lowest BCUT2D eigenvalue weighted by molar-refractivity contribution is 0.0909. The van der Waals surface area contributed by atoms with Crippen LogP contribution in [0.15, 0.2) is 51.3 Å². The van der Waals surface area contributed by atoms with Crippen LogP contribution in [-0.4, -0.2) is 41.5 Å². The monoisotopic (exact) mass is 329 g/mol. The summed E-state index contributed by atoms with van der Waals surface area (Å²) < 4.78 is 5.21. The van der Waals surface area contributed by atoms with Gasteiger partial charge in [-0.1, -0.05) is 11.8 Å². The third kappa shape index (κ3) is 3.43. The van der Waals surface area contributed by atoms with Gasteiger partial charge in [0, 0.05) is 29.6 Å². The molecule has 2 aliphatic rings. The second kappa shape index (κ2) is 6.37. The topological polar surface area (TPSA) is 58.4 Å². The lowest BCUT2D eigenvalue weighted by atomic mass is 9.96. The summed E-state index contributed by atoms with van der Waals surface area (Å²) in [6.45, 7) is 3.38. The van der Waals surface area contributed by atoms with Crippen LogP contribution in [0.3, 0.4) is 0 Å². The zero-order chi connectivity index (χ0) is 15.6. The molecule has 2 aliphatic heterocycles. The van der Waals surface area contributed by atoms with Crippen LogP contribution >= 0.6 is 11.8 Å². The fourth-order valence-electron chi connectivity index (χ4n) is 3.48. The van der Waals surface area contributed by atoms with E-state index in [1.807, 2.05) is 24.3 Å². The molecule has 0 aliphatic carbocycles. The molecule has 3 unspecified atom stereocenters. The van der Waals surface area contributed by atoms with Gasteiger partial charge in [-0.15, -0.1) is 0 Å². The molecule has 2 fully saturated rings. The Morgan fingerprint density at radius 2 is 2.17 bits per heavy atom. The summed E-state index contributed by atoms with van der Waals surface area (Å²) in [6, 6.07) is 7.90. The van der Waals surface area contributed by atoms with E-state index in [0.717, 1.165) is 28.9 Å². The molecular formula is C17H19N3O2S. The average Bonchev–Trinajstić information content (AvgIpc) is 3.18. The first-order valence-corrected chi connectivity index (χ1v) is 8.77. The fraction of sp³-hybridized carbons (Fsp3) is 0.412. The number of oxazole rings is 1. The van der Waals surface area contributed by atoms with Crippen LogP contribution in [0, 0.1) is 5.92 Å². The molecule has 23 heavy (non-hydrogen) atoms. The summed E-state index contributed by atoms with van der Waals surface area (Å²) >= 11 is 1.49. The molecule has 4 rings (SSSR count). The molecule has 120 valence electrons. The Labute approximate surface area is 139 Å². The predicted octanol–water partition coefficient (Wildman–Crippen LogP) is 2.65. The number of aromatic nitrogens is 1. The molecule has 6 heteroatoms. The quantitative estimate of drug-likeness (QED) is 0.934. The number of carbonyl (C=O) groups excluding carboxylic acids is 1. The largest absolute Gasteiger partial charge is 0.437 e. The van der Waals surface area contributed by atoms with Gasteiger partial charge in [0.2, 0.25) is 0 Å². The van der Waals surface area contributed by atoms with Crippen molar-refractivity contribution < 1.29 is 9.21 Å². The SMILES string of the molecule is O=C(NC1CC2CCN(C2)C1)c1ccc(Sc2cnco2)cc1. The average molecular weight is 329 g/mol. The van der Waals surface area contributed by atoms with Crippen molar-refractivity contribution in [3.05, 3.63) is 42.4 Å². The van der Waals surface area contributed by atoms with E-state index in [-0.39, 0.29) is 11.9 Å². The van der Waals surface area contributed by atoms with E-state index in [1.165, 1.54) is 37.7 Å². The Morgan fingerprint density at radius 1 is 1.30 bits per heavy atom. The van der Waals surface area contributed by atoms with Gasteiger partial charge in [-0.05, 0) is 49.6 Å². The van der Waals surface area contributed by atoms with E-state index >= 15 is 0 Å². The molecule has 1 N–H and O–H groups in total. The molecule has 3 heterocycles. The van der Waals surface area contributed by atoms with Gasteiger partial charge in [-0.25, -0.2) is 4.98 Å². The van der Waals surface area contributed by atoms with Gasteiger partial charge in [0.25, 0.3) is 5.91 Å². The van der Waals surface area contributed by atoms with Crippen LogP contribution < -0.4 is 5.32 Å². The van der Waals surface area contributed by atoms with Gasteiger partial charge in [-0.3, -0.25) is 4.79 Å². The summed E-state index contributed by atoms with van der Waals surface area (Å²) in [4.78, 5) is 19.8. The normalized spacial score (nSPS) is 26.2. The number of carbonyl (C=O) groups is 1. The lowest BCUT2D eigenvalue weighted by Crippen LogP contribution is -2.47. The minimum atomic E-state index is 0.0220. The van der Waals surface area contributed by atoms with Gasteiger partial charge in [-0.2, -0.15) is 0 Å². The van der Waals surface area contributed by atoms with Crippen LogP contribution in [0.1, 0.15) is 23.2 Å². The Morgan fingerprint density at radius 3 is 2.91 bits per heavy atom. The number of fused-ring (bicyclic) bond motifs is 2. The molecule has 2 aromatic rings. The van der Waals surface area contributed by atoms with E-state index in [4.69, 9.17) is 4.42 Å². The van der Waals surface area contributed by atoms with Crippen molar-refractivity contribution in [2.45, 2.75) is 28.9 Å². The molecule has 0 saturated carbocycles. The van der Waals surface area contributed by atoms with Crippen molar-refractivity contribution >= 4 is 17.7 Å². The maximum atomic E-state index is 12.4. The summed E-state index contributed by atoms with van der Waals surface area (Å²) in [5.41, 5.74) is 0.708. The molecule has 1 amide bonds. The smallest absolute Gasteiger partial charge is 0.251 e. The minimum absolute atomic E-state index is 0.0220. The molecule has 0 spiro atoms. The number of piperidine rings is 1. The van der Waals surface area contributed by atoms with E-state index in [2.05, 4.69) is 15.2 Å². The van der Waals surface area contributed by atoms with E-state index in [0.29, 0.717) is 5.56 Å². The van der Waals surface area contributed by atoms with Crippen molar-refractivity contribution in [2.24, 2.45) is 5.92 Å². The summed E-state index contributed by atoms with van der Waals surface area (Å²) in [7, 11) is 0. The lowest BCUT2D eigenvalue weighted by Gasteiger charge is -2.30. The maximum absolute atomic E-state index is 12.4. The van der Waals surface area contributed by atoms with Crippen LogP contribution in [-0.2, 0) is 0 Å². The highest BCUT2D eigenvalue weighted by Gasteiger charge is 2.32. The van der Waals surface area contributed by atoms with Gasteiger partial charge >= 0.3 is 0 Å². The Balaban J connectivity index is 1.36. The molecule has 0 radical (unpaired) electrons. The second-order valence-corrected chi connectivity index (χ2v) is 7.35. The number of nitrogens with one attached hydrogen (secondary N) is 1. The molecule has 3 atom stereocenters. The Kier molecular flexibility index (Phi) is 4.10. The van der Waals surface area contributed by atoms with Gasteiger partial charge < -0.3 is 14.6 Å². The molecule has 1 aromatic heterocycles.